The summed E-state index contributed by atoms with van der Waals surface area (Å²) in [6.07, 6.45) is 1.17. The SMILES string of the molecule is CCC(N)CN1C(=O)NC(CC)(c2ccc(Cl)c(C)c2)C1=O. The Bertz CT molecular complexity index is 605. The minimum Gasteiger partial charge on any atom is -0.326 e. The first-order valence-electron chi connectivity index (χ1n) is 7.52. The molecule has 0 saturated carbocycles. The molecule has 2 unspecified atom stereocenters. The van der Waals surface area contributed by atoms with Crippen molar-refractivity contribution in [2.45, 2.75) is 45.2 Å². The van der Waals surface area contributed by atoms with Crippen molar-refractivity contribution in [3.63, 3.8) is 0 Å². The van der Waals surface area contributed by atoms with Crippen LogP contribution in [0.1, 0.15) is 37.8 Å². The van der Waals surface area contributed by atoms with E-state index in [2.05, 4.69) is 5.32 Å². The number of nitrogens with two attached hydrogens (primary N) is 1. The maximum atomic E-state index is 12.9. The summed E-state index contributed by atoms with van der Waals surface area (Å²) in [5, 5.41) is 3.48. The molecule has 1 aliphatic rings. The minimum atomic E-state index is -1.03. The van der Waals surface area contributed by atoms with E-state index < -0.39 is 5.54 Å². The van der Waals surface area contributed by atoms with Crippen LogP contribution in [-0.4, -0.2) is 29.4 Å². The van der Waals surface area contributed by atoms with E-state index in [-0.39, 0.29) is 24.5 Å². The van der Waals surface area contributed by atoms with Crippen LogP contribution >= 0.6 is 11.6 Å². The van der Waals surface area contributed by atoms with Gasteiger partial charge < -0.3 is 11.1 Å². The van der Waals surface area contributed by atoms with Crippen molar-refractivity contribution >= 4 is 23.5 Å². The molecule has 1 fully saturated rings. The lowest BCUT2D eigenvalue weighted by Gasteiger charge is -2.26. The lowest BCUT2D eigenvalue weighted by molar-refractivity contribution is -0.132. The maximum Gasteiger partial charge on any atom is 0.325 e. The highest BCUT2D eigenvalue weighted by Gasteiger charge is 2.51. The molecular weight excluding hydrogens is 302 g/mol. The third-order valence-electron chi connectivity index (χ3n) is 4.30. The van der Waals surface area contributed by atoms with Crippen LogP contribution in [0.5, 0.6) is 0 Å². The van der Waals surface area contributed by atoms with Gasteiger partial charge in [-0.15, -0.1) is 0 Å². The number of halogens is 1. The molecule has 1 heterocycles. The molecule has 5 nitrogen and oxygen atoms in total. The second-order valence-electron chi connectivity index (χ2n) is 5.74. The summed E-state index contributed by atoms with van der Waals surface area (Å²) < 4.78 is 0. The van der Waals surface area contributed by atoms with Crippen LogP contribution in [0.2, 0.25) is 5.02 Å². The number of rotatable bonds is 5. The van der Waals surface area contributed by atoms with E-state index in [4.69, 9.17) is 17.3 Å². The summed E-state index contributed by atoms with van der Waals surface area (Å²) in [7, 11) is 0. The van der Waals surface area contributed by atoms with Gasteiger partial charge in [-0.05, 0) is 37.0 Å². The Balaban J connectivity index is 2.40. The third-order valence-corrected chi connectivity index (χ3v) is 4.72. The molecule has 22 heavy (non-hydrogen) atoms. The smallest absolute Gasteiger partial charge is 0.325 e. The van der Waals surface area contributed by atoms with Crippen molar-refractivity contribution in [3.8, 4) is 0 Å². The molecule has 3 N–H and O–H groups in total. The van der Waals surface area contributed by atoms with Crippen LogP contribution in [0.3, 0.4) is 0 Å². The normalized spacial score (nSPS) is 22.9. The number of imide groups is 1. The zero-order chi connectivity index (χ0) is 16.5. The van der Waals surface area contributed by atoms with E-state index >= 15 is 0 Å². The second kappa shape index (κ2) is 6.26. The van der Waals surface area contributed by atoms with Crippen LogP contribution in [0.15, 0.2) is 18.2 Å². The molecule has 1 saturated heterocycles. The van der Waals surface area contributed by atoms with Gasteiger partial charge in [-0.1, -0.05) is 37.6 Å². The second-order valence-corrected chi connectivity index (χ2v) is 6.14. The first kappa shape index (κ1) is 16.8. The summed E-state index contributed by atoms with van der Waals surface area (Å²) >= 11 is 6.06. The van der Waals surface area contributed by atoms with Crippen molar-refractivity contribution in [1.82, 2.24) is 10.2 Å². The van der Waals surface area contributed by atoms with Gasteiger partial charge in [0.25, 0.3) is 5.91 Å². The van der Waals surface area contributed by atoms with Gasteiger partial charge in [0.2, 0.25) is 0 Å². The van der Waals surface area contributed by atoms with E-state index in [9.17, 15) is 9.59 Å². The fourth-order valence-corrected chi connectivity index (χ4v) is 2.82. The molecule has 3 amide bonds. The highest BCUT2D eigenvalue weighted by Crippen LogP contribution is 2.34. The first-order chi connectivity index (χ1) is 10.4. The van der Waals surface area contributed by atoms with Crippen molar-refractivity contribution in [2.24, 2.45) is 5.73 Å². The number of urea groups is 1. The average Bonchev–Trinajstić information content (AvgIpc) is 2.75. The van der Waals surface area contributed by atoms with Gasteiger partial charge in [0.1, 0.15) is 5.54 Å². The van der Waals surface area contributed by atoms with Gasteiger partial charge >= 0.3 is 6.03 Å². The number of nitrogens with zero attached hydrogens (tertiary/aromatic N) is 1. The van der Waals surface area contributed by atoms with Gasteiger partial charge in [0, 0.05) is 17.6 Å². The number of hydrogen-bond acceptors (Lipinski definition) is 3. The van der Waals surface area contributed by atoms with E-state index in [0.29, 0.717) is 17.9 Å². The standard InChI is InChI=1S/C16H22ClN3O2/c1-4-12(18)9-20-14(21)16(5-2,19-15(20)22)11-6-7-13(17)10(3)8-11/h6-8,12H,4-5,9,18H2,1-3H3,(H,19,22). The largest absolute Gasteiger partial charge is 0.326 e. The predicted molar refractivity (Wildman–Crippen MR) is 86.7 cm³/mol. The number of aryl methyl sites for hydroxylation is 1. The fraction of sp³-hybridized carbons (Fsp3) is 0.500. The molecule has 6 heteroatoms. The Kier molecular flexibility index (Phi) is 4.78. The number of nitrogens with one attached hydrogen (secondary N) is 1. The van der Waals surface area contributed by atoms with Gasteiger partial charge in [0.05, 0.1) is 0 Å². The number of amides is 3. The van der Waals surface area contributed by atoms with Crippen molar-refractivity contribution in [2.75, 3.05) is 6.54 Å². The number of hydrogen-bond donors (Lipinski definition) is 2. The summed E-state index contributed by atoms with van der Waals surface area (Å²) in [5.74, 6) is -0.245. The average molecular weight is 324 g/mol. The Morgan fingerprint density at radius 3 is 2.59 bits per heavy atom. The van der Waals surface area contributed by atoms with Crippen molar-refractivity contribution in [3.05, 3.63) is 34.3 Å². The zero-order valence-electron chi connectivity index (χ0n) is 13.1. The highest BCUT2D eigenvalue weighted by atomic mass is 35.5. The molecule has 0 bridgehead atoms. The summed E-state index contributed by atoms with van der Waals surface area (Å²) in [6.45, 7) is 5.92. The van der Waals surface area contributed by atoms with E-state index in [1.54, 1.807) is 12.1 Å². The zero-order valence-corrected chi connectivity index (χ0v) is 13.9. The van der Waals surface area contributed by atoms with Crippen LogP contribution in [0.4, 0.5) is 4.79 Å². The molecule has 0 aliphatic carbocycles. The van der Waals surface area contributed by atoms with Crippen molar-refractivity contribution in [1.29, 1.82) is 0 Å². The Morgan fingerprint density at radius 1 is 1.36 bits per heavy atom. The van der Waals surface area contributed by atoms with E-state index in [1.165, 1.54) is 4.90 Å². The monoisotopic (exact) mass is 323 g/mol. The molecule has 0 spiro atoms. The first-order valence-corrected chi connectivity index (χ1v) is 7.89. The number of benzene rings is 1. The molecule has 1 aromatic carbocycles. The predicted octanol–water partition coefficient (Wildman–Crippen LogP) is 2.54. The lowest BCUT2D eigenvalue weighted by atomic mass is 9.86. The highest BCUT2D eigenvalue weighted by molar-refractivity contribution is 6.31. The quantitative estimate of drug-likeness (QED) is 0.818. The Hall–Kier alpha value is -1.59. The van der Waals surface area contributed by atoms with E-state index in [1.807, 2.05) is 26.8 Å². The molecule has 2 atom stereocenters. The van der Waals surface area contributed by atoms with Crippen LogP contribution < -0.4 is 11.1 Å². The summed E-state index contributed by atoms with van der Waals surface area (Å²) in [6, 6.07) is 4.80. The van der Waals surface area contributed by atoms with Crippen LogP contribution in [0.25, 0.3) is 0 Å². The summed E-state index contributed by atoms with van der Waals surface area (Å²) in [5.41, 5.74) is 6.50. The fourth-order valence-electron chi connectivity index (χ4n) is 2.71. The molecular formula is C16H22ClN3O2. The third kappa shape index (κ3) is 2.71. The molecule has 0 aromatic heterocycles. The lowest BCUT2D eigenvalue weighted by Crippen LogP contribution is -2.45. The molecule has 1 aliphatic heterocycles. The Labute approximate surface area is 135 Å². The van der Waals surface area contributed by atoms with Crippen LogP contribution in [0, 0.1) is 6.92 Å². The molecule has 2 rings (SSSR count). The summed E-state index contributed by atoms with van der Waals surface area (Å²) in [4.78, 5) is 26.3. The molecule has 1 aromatic rings. The maximum absolute atomic E-state index is 12.9. The topological polar surface area (TPSA) is 75.4 Å². The van der Waals surface area contributed by atoms with Gasteiger partial charge in [-0.2, -0.15) is 0 Å². The van der Waals surface area contributed by atoms with Crippen LogP contribution in [-0.2, 0) is 10.3 Å². The van der Waals surface area contributed by atoms with Gasteiger partial charge in [-0.3, -0.25) is 9.69 Å². The number of carbonyl (C=O) groups is 2. The molecule has 120 valence electrons. The Morgan fingerprint density at radius 2 is 2.05 bits per heavy atom. The van der Waals surface area contributed by atoms with Gasteiger partial charge in [0.15, 0.2) is 0 Å². The van der Waals surface area contributed by atoms with Gasteiger partial charge in [-0.25, -0.2) is 4.79 Å². The minimum absolute atomic E-state index is 0.214. The number of carbonyl (C=O) groups excluding carboxylic acids is 2. The van der Waals surface area contributed by atoms with E-state index in [0.717, 1.165) is 11.1 Å². The molecule has 0 radical (unpaired) electrons. The van der Waals surface area contributed by atoms with Crippen molar-refractivity contribution < 1.29 is 9.59 Å².